The van der Waals surface area contributed by atoms with Crippen LogP contribution in [0.3, 0.4) is 0 Å². The van der Waals surface area contributed by atoms with Crippen molar-refractivity contribution >= 4 is 23.7 Å². The predicted molar refractivity (Wildman–Crippen MR) is 120 cm³/mol. The molecule has 1 atom stereocenters. The summed E-state index contributed by atoms with van der Waals surface area (Å²) in [6.07, 6.45) is 4.26. The summed E-state index contributed by atoms with van der Waals surface area (Å²) >= 11 is 1.18. The van der Waals surface area contributed by atoms with Gasteiger partial charge >= 0.3 is 11.9 Å². The van der Waals surface area contributed by atoms with Crippen molar-refractivity contribution in [1.29, 1.82) is 0 Å². The minimum absolute atomic E-state index is 0.0142. The SMILES string of the molecule is CCCCC(CC)COC(=O)CCSc1c(-c2cc(F)ccc2F)c(C(=O)O)nn1CC. The number of nitrogens with zero attached hydrogens (tertiary/aromatic N) is 2. The monoisotopic (exact) mass is 468 g/mol. The molecule has 2 aromatic rings. The molecule has 0 aliphatic rings. The molecule has 1 aromatic carbocycles. The van der Waals surface area contributed by atoms with E-state index in [4.69, 9.17) is 4.74 Å². The Balaban J connectivity index is 2.15. The zero-order chi connectivity index (χ0) is 23.7. The third-order valence-electron chi connectivity index (χ3n) is 5.17. The molecule has 0 fully saturated rings. The summed E-state index contributed by atoms with van der Waals surface area (Å²) in [6.45, 7) is 6.68. The first-order chi connectivity index (χ1) is 15.3. The molecule has 0 saturated carbocycles. The number of aromatic nitrogens is 2. The zero-order valence-electron chi connectivity index (χ0n) is 18.7. The standard InChI is InChI=1S/C23H30F2N2O4S/c1-4-7-8-15(5-2)14-31-19(28)11-12-32-22-20(17-13-16(24)9-10-18(17)25)21(23(29)30)26-27(22)6-3/h9-10,13,15H,4-8,11-12,14H2,1-3H3,(H,29,30). The summed E-state index contributed by atoms with van der Waals surface area (Å²) in [5.74, 6) is -2.48. The molecule has 0 radical (unpaired) electrons. The highest BCUT2D eigenvalue weighted by atomic mass is 32.2. The number of hydrogen-bond donors (Lipinski definition) is 1. The maximum atomic E-state index is 14.5. The van der Waals surface area contributed by atoms with Gasteiger partial charge in [-0.15, -0.1) is 11.8 Å². The summed E-state index contributed by atoms with van der Waals surface area (Å²) in [6, 6.07) is 2.88. The van der Waals surface area contributed by atoms with Crippen LogP contribution >= 0.6 is 11.8 Å². The number of ether oxygens (including phenoxy) is 1. The molecule has 1 heterocycles. The third kappa shape index (κ3) is 6.79. The van der Waals surface area contributed by atoms with Gasteiger partial charge in [-0.2, -0.15) is 5.10 Å². The van der Waals surface area contributed by atoms with Crippen molar-refractivity contribution in [3.05, 3.63) is 35.5 Å². The lowest BCUT2D eigenvalue weighted by Gasteiger charge is -2.14. The van der Waals surface area contributed by atoms with Gasteiger partial charge in [-0.25, -0.2) is 13.6 Å². The number of carbonyl (C=O) groups excluding carboxylic acids is 1. The number of aryl methyl sites for hydroxylation is 1. The van der Waals surface area contributed by atoms with Crippen molar-refractivity contribution in [3.63, 3.8) is 0 Å². The van der Waals surface area contributed by atoms with Gasteiger partial charge < -0.3 is 9.84 Å². The Hall–Kier alpha value is -2.42. The summed E-state index contributed by atoms with van der Waals surface area (Å²) in [7, 11) is 0. The summed E-state index contributed by atoms with van der Waals surface area (Å²) in [5, 5.41) is 14.0. The third-order valence-corrected chi connectivity index (χ3v) is 6.27. The second kappa shape index (κ2) is 12.6. The Kier molecular flexibility index (Phi) is 10.2. The Morgan fingerprint density at radius 1 is 1.25 bits per heavy atom. The van der Waals surface area contributed by atoms with E-state index in [1.807, 2.05) is 0 Å². The molecule has 32 heavy (non-hydrogen) atoms. The van der Waals surface area contributed by atoms with Crippen molar-refractivity contribution in [3.8, 4) is 11.1 Å². The predicted octanol–water partition coefficient (Wildman–Crippen LogP) is 5.79. The lowest BCUT2D eigenvalue weighted by Crippen LogP contribution is -2.14. The number of thioether (sulfide) groups is 1. The van der Waals surface area contributed by atoms with E-state index in [9.17, 15) is 23.5 Å². The van der Waals surface area contributed by atoms with Crippen LogP contribution in [-0.2, 0) is 16.1 Å². The molecular formula is C23H30F2N2O4S. The van der Waals surface area contributed by atoms with Crippen molar-refractivity contribution in [2.75, 3.05) is 12.4 Å². The van der Waals surface area contributed by atoms with Gasteiger partial charge in [-0.05, 0) is 37.5 Å². The molecule has 1 aromatic heterocycles. The van der Waals surface area contributed by atoms with Crippen LogP contribution in [0.25, 0.3) is 11.1 Å². The molecule has 0 aliphatic heterocycles. The van der Waals surface area contributed by atoms with Gasteiger partial charge in [0, 0.05) is 17.9 Å². The molecule has 1 N–H and O–H groups in total. The molecule has 0 spiro atoms. The number of hydrogen-bond acceptors (Lipinski definition) is 5. The number of carboxylic acids is 1. The van der Waals surface area contributed by atoms with E-state index in [-0.39, 0.29) is 29.2 Å². The van der Waals surface area contributed by atoms with E-state index in [2.05, 4.69) is 18.9 Å². The fourth-order valence-electron chi connectivity index (χ4n) is 3.30. The molecule has 9 heteroatoms. The smallest absolute Gasteiger partial charge is 0.357 e. The Morgan fingerprint density at radius 2 is 2.00 bits per heavy atom. The lowest BCUT2D eigenvalue weighted by atomic mass is 10.0. The van der Waals surface area contributed by atoms with Crippen molar-refractivity contribution in [1.82, 2.24) is 9.78 Å². The van der Waals surface area contributed by atoms with E-state index in [1.54, 1.807) is 6.92 Å². The molecule has 6 nitrogen and oxygen atoms in total. The number of unbranched alkanes of at least 4 members (excludes halogenated alkanes) is 1. The Bertz CT molecular complexity index is 933. The van der Waals surface area contributed by atoms with E-state index in [1.165, 1.54) is 16.4 Å². The van der Waals surface area contributed by atoms with E-state index in [0.717, 1.165) is 43.9 Å². The zero-order valence-corrected chi connectivity index (χ0v) is 19.5. The molecular weight excluding hydrogens is 438 g/mol. The second-order valence-electron chi connectivity index (χ2n) is 7.47. The highest BCUT2D eigenvalue weighted by Gasteiger charge is 2.26. The average Bonchev–Trinajstić information content (AvgIpc) is 3.14. The number of aromatic carboxylic acids is 1. The number of carboxylic acid groups (broad SMARTS) is 1. The number of rotatable bonds is 13. The minimum Gasteiger partial charge on any atom is -0.476 e. The first kappa shape index (κ1) is 25.8. The van der Waals surface area contributed by atoms with Crippen LogP contribution in [0.15, 0.2) is 23.2 Å². The number of carbonyl (C=O) groups is 2. The van der Waals surface area contributed by atoms with Gasteiger partial charge in [-0.3, -0.25) is 9.48 Å². The molecule has 0 aliphatic carbocycles. The van der Waals surface area contributed by atoms with Gasteiger partial charge in [0.05, 0.1) is 18.6 Å². The fourth-order valence-corrected chi connectivity index (χ4v) is 4.43. The first-order valence-electron chi connectivity index (χ1n) is 10.9. The normalized spacial score (nSPS) is 12.0. The fraction of sp³-hybridized carbons (Fsp3) is 0.522. The molecule has 0 bridgehead atoms. The van der Waals surface area contributed by atoms with Crippen LogP contribution in [0.5, 0.6) is 0 Å². The van der Waals surface area contributed by atoms with Crippen LogP contribution in [0.4, 0.5) is 8.78 Å². The van der Waals surface area contributed by atoms with Crippen molar-refractivity contribution in [2.24, 2.45) is 5.92 Å². The quantitative estimate of drug-likeness (QED) is 0.296. The summed E-state index contributed by atoms with van der Waals surface area (Å²) in [4.78, 5) is 23.9. The molecule has 1 unspecified atom stereocenters. The highest BCUT2D eigenvalue weighted by Crippen LogP contribution is 2.37. The highest BCUT2D eigenvalue weighted by molar-refractivity contribution is 7.99. The maximum Gasteiger partial charge on any atom is 0.357 e. The van der Waals surface area contributed by atoms with E-state index in [0.29, 0.717) is 29.8 Å². The molecule has 176 valence electrons. The summed E-state index contributed by atoms with van der Waals surface area (Å²) in [5.41, 5.74) is -0.516. The van der Waals surface area contributed by atoms with Crippen LogP contribution in [0, 0.1) is 17.6 Å². The van der Waals surface area contributed by atoms with Gasteiger partial charge in [0.25, 0.3) is 0 Å². The van der Waals surface area contributed by atoms with E-state index < -0.39 is 17.6 Å². The first-order valence-corrected chi connectivity index (χ1v) is 11.9. The number of benzene rings is 1. The maximum absolute atomic E-state index is 14.5. The largest absolute Gasteiger partial charge is 0.476 e. The van der Waals surface area contributed by atoms with E-state index >= 15 is 0 Å². The number of esters is 1. The second-order valence-corrected chi connectivity index (χ2v) is 8.56. The Morgan fingerprint density at radius 3 is 2.62 bits per heavy atom. The molecule has 0 saturated heterocycles. The lowest BCUT2D eigenvalue weighted by molar-refractivity contribution is -0.144. The van der Waals surface area contributed by atoms with Gasteiger partial charge in [-0.1, -0.05) is 33.1 Å². The van der Waals surface area contributed by atoms with Gasteiger partial charge in [0.2, 0.25) is 0 Å². The van der Waals surface area contributed by atoms with Crippen molar-refractivity contribution in [2.45, 2.75) is 64.4 Å². The van der Waals surface area contributed by atoms with Gasteiger partial charge in [0.15, 0.2) is 5.69 Å². The molecule has 0 amide bonds. The van der Waals surface area contributed by atoms with Crippen LogP contribution in [0.2, 0.25) is 0 Å². The Labute approximate surface area is 191 Å². The van der Waals surface area contributed by atoms with Gasteiger partial charge in [0.1, 0.15) is 16.7 Å². The average molecular weight is 469 g/mol. The number of halogens is 2. The minimum atomic E-state index is -1.34. The van der Waals surface area contributed by atoms with Crippen LogP contribution in [0.1, 0.15) is 63.4 Å². The van der Waals surface area contributed by atoms with Crippen LogP contribution < -0.4 is 0 Å². The summed E-state index contributed by atoms with van der Waals surface area (Å²) < 4.78 is 35.1. The topological polar surface area (TPSA) is 81.4 Å². The molecule has 2 rings (SSSR count). The van der Waals surface area contributed by atoms with Crippen LogP contribution in [-0.4, -0.2) is 39.2 Å². The van der Waals surface area contributed by atoms with Crippen molar-refractivity contribution < 1.29 is 28.2 Å².